The lowest BCUT2D eigenvalue weighted by molar-refractivity contribution is -0.137. The van der Waals surface area contributed by atoms with Crippen LogP contribution in [0.3, 0.4) is 0 Å². The standard InChI is InChI=1S/C13H9Cl2F3N2O2/c14-7-2-6(13(16,17)18)3-8(15)11(7)20-4-5-1-9(21)12(22)10(5)19-20/h2-4,9,12,21-22H,1H2/t9-,12-/m1/s1. The zero-order valence-electron chi connectivity index (χ0n) is 10.8. The van der Waals surface area contributed by atoms with Crippen LogP contribution in [-0.4, -0.2) is 26.1 Å². The molecule has 118 valence electrons. The van der Waals surface area contributed by atoms with Crippen molar-refractivity contribution in [2.75, 3.05) is 0 Å². The van der Waals surface area contributed by atoms with E-state index in [1.165, 1.54) is 10.9 Å². The quantitative estimate of drug-likeness (QED) is 0.828. The van der Waals surface area contributed by atoms with Crippen LogP contribution in [0.15, 0.2) is 18.3 Å². The fraction of sp³-hybridized carbons (Fsp3) is 0.308. The summed E-state index contributed by atoms with van der Waals surface area (Å²) < 4.78 is 39.3. The third-order valence-corrected chi connectivity index (χ3v) is 4.05. The summed E-state index contributed by atoms with van der Waals surface area (Å²) in [6.07, 6.45) is -4.95. The van der Waals surface area contributed by atoms with Crippen LogP contribution in [0.4, 0.5) is 13.2 Å². The Balaban J connectivity index is 2.07. The van der Waals surface area contributed by atoms with E-state index in [-0.39, 0.29) is 27.8 Å². The first-order valence-corrected chi connectivity index (χ1v) is 6.95. The first kappa shape index (κ1) is 15.6. The third kappa shape index (κ3) is 2.48. The number of hydrogen-bond acceptors (Lipinski definition) is 3. The summed E-state index contributed by atoms with van der Waals surface area (Å²) in [5.41, 5.74) is -0.0135. The highest BCUT2D eigenvalue weighted by Crippen LogP contribution is 2.38. The second-order valence-electron chi connectivity index (χ2n) is 4.99. The van der Waals surface area contributed by atoms with Gasteiger partial charge in [0.25, 0.3) is 0 Å². The molecule has 1 aliphatic rings. The molecule has 0 unspecified atom stereocenters. The molecule has 0 radical (unpaired) electrons. The lowest BCUT2D eigenvalue weighted by Crippen LogP contribution is -2.14. The number of benzene rings is 1. The normalized spacial score (nSPS) is 21.2. The van der Waals surface area contributed by atoms with E-state index in [0.717, 1.165) is 12.1 Å². The Kier molecular flexibility index (Phi) is 3.64. The van der Waals surface area contributed by atoms with Gasteiger partial charge in [-0.2, -0.15) is 18.3 Å². The molecule has 3 rings (SSSR count). The zero-order valence-corrected chi connectivity index (χ0v) is 12.3. The molecule has 2 atom stereocenters. The molecule has 0 aliphatic heterocycles. The van der Waals surface area contributed by atoms with Crippen molar-refractivity contribution in [3.63, 3.8) is 0 Å². The van der Waals surface area contributed by atoms with Crippen molar-refractivity contribution in [1.82, 2.24) is 9.78 Å². The highest BCUT2D eigenvalue weighted by Gasteiger charge is 2.35. The molecule has 1 aromatic carbocycles. The number of hydrogen-bond donors (Lipinski definition) is 2. The van der Waals surface area contributed by atoms with Gasteiger partial charge in [0.2, 0.25) is 0 Å². The minimum atomic E-state index is -4.56. The van der Waals surface area contributed by atoms with Crippen molar-refractivity contribution < 1.29 is 23.4 Å². The Morgan fingerprint density at radius 1 is 1.18 bits per heavy atom. The molecule has 2 aromatic rings. The summed E-state index contributed by atoms with van der Waals surface area (Å²) in [7, 11) is 0. The molecule has 0 bridgehead atoms. The highest BCUT2D eigenvalue weighted by atomic mass is 35.5. The molecule has 0 saturated carbocycles. The van der Waals surface area contributed by atoms with Gasteiger partial charge in [-0.15, -0.1) is 0 Å². The maximum Gasteiger partial charge on any atom is 0.416 e. The monoisotopic (exact) mass is 352 g/mol. The van der Waals surface area contributed by atoms with E-state index in [2.05, 4.69) is 5.10 Å². The molecule has 9 heteroatoms. The summed E-state index contributed by atoms with van der Waals surface area (Å²) in [4.78, 5) is 0. The van der Waals surface area contributed by atoms with Gasteiger partial charge in [0.1, 0.15) is 11.8 Å². The summed E-state index contributed by atoms with van der Waals surface area (Å²) in [5.74, 6) is 0. The Morgan fingerprint density at radius 2 is 1.77 bits per heavy atom. The predicted octanol–water partition coefficient (Wildman–Crippen LogP) is 3.15. The van der Waals surface area contributed by atoms with E-state index in [9.17, 15) is 23.4 Å². The predicted molar refractivity (Wildman–Crippen MR) is 73.3 cm³/mol. The van der Waals surface area contributed by atoms with Crippen LogP contribution in [0.2, 0.25) is 10.0 Å². The average molecular weight is 353 g/mol. The molecule has 1 aliphatic carbocycles. The maximum absolute atomic E-state index is 12.7. The van der Waals surface area contributed by atoms with Crippen molar-refractivity contribution in [3.8, 4) is 5.69 Å². The van der Waals surface area contributed by atoms with Crippen molar-refractivity contribution in [2.24, 2.45) is 0 Å². The Morgan fingerprint density at radius 3 is 2.27 bits per heavy atom. The van der Waals surface area contributed by atoms with Crippen molar-refractivity contribution >= 4 is 23.2 Å². The van der Waals surface area contributed by atoms with Gasteiger partial charge in [0.05, 0.1) is 27.4 Å². The van der Waals surface area contributed by atoms with Gasteiger partial charge >= 0.3 is 6.18 Å². The molecule has 2 N–H and O–H groups in total. The number of nitrogens with zero attached hydrogens (tertiary/aromatic N) is 2. The topological polar surface area (TPSA) is 58.3 Å². The Bertz CT molecular complexity index is 722. The number of halogens is 5. The SMILES string of the molecule is O[C@@H]1Cc2cn(-c3c(Cl)cc(C(F)(F)F)cc3Cl)nc2[C@@H]1O. The number of alkyl halides is 3. The largest absolute Gasteiger partial charge is 0.416 e. The molecule has 22 heavy (non-hydrogen) atoms. The van der Waals surface area contributed by atoms with E-state index < -0.39 is 23.9 Å². The second-order valence-corrected chi connectivity index (χ2v) is 5.80. The number of aromatic nitrogens is 2. The van der Waals surface area contributed by atoms with Gasteiger partial charge in [-0.3, -0.25) is 0 Å². The van der Waals surface area contributed by atoms with Gasteiger partial charge in [-0.25, -0.2) is 4.68 Å². The van der Waals surface area contributed by atoms with Gasteiger partial charge in [-0.05, 0) is 17.7 Å². The van der Waals surface area contributed by atoms with E-state index >= 15 is 0 Å². The van der Waals surface area contributed by atoms with Crippen LogP contribution >= 0.6 is 23.2 Å². The minimum Gasteiger partial charge on any atom is -0.390 e. The zero-order chi connectivity index (χ0) is 16.2. The molecule has 0 fully saturated rings. The fourth-order valence-electron chi connectivity index (χ4n) is 2.41. The van der Waals surface area contributed by atoms with Crippen molar-refractivity contribution in [1.29, 1.82) is 0 Å². The smallest absolute Gasteiger partial charge is 0.390 e. The van der Waals surface area contributed by atoms with Crippen LogP contribution in [0.25, 0.3) is 5.69 Å². The Labute approximate surface area is 132 Å². The molecular weight excluding hydrogens is 344 g/mol. The summed E-state index contributed by atoms with van der Waals surface area (Å²) in [6.45, 7) is 0. The lowest BCUT2D eigenvalue weighted by atomic mass is 10.2. The highest BCUT2D eigenvalue weighted by molar-refractivity contribution is 6.37. The third-order valence-electron chi connectivity index (χ3n) is 3.47. The minimum absolute atomic E-state index is 0.0902. The molecule has 0 saturated heterocycles. The molecule has 4 nitrogen and oxygen atoms in total. The second kappa shape index (κ2) is 5.13. The summed E-state index contributed by atoms with van der Waals surface area (Å²) in [6, 6.07) is 1.53. The molecule has 1 heterocycles. The van der Waals surface area contributed by atoms with Gasteiger partial charge in [-0.1, -0.05) is 23.2 Å². The van der Waals surface area contributed by atoms with Crippen LogP contribution in [-0.2, 0) is 12.6 Å². The van der Waals surface area contributed by atoms with Crippen LogP contribution in [0.1, 0.15) is 22.9 Å². The fourth-order valence-corrected chi connectivity index (χ4v) is 3.07. The summed E-state index contributed by atoms with van der Waals surface area (Å²) in [5, 5.41) is 22.9. The number of aliphatic hydroxyl groups excluding tert-OH is 2. The number of aliphatic hydroxyl groups is 2. The maximum atomic E-state index is 12.7. The van der Waals surface area contributed by atoms with Crippen molar-refractivity contribution in [3.05, 3.63) is 45.2 Å². The van der Waals surface area contributed by atoms with Crippen LogP contribution in [0, 0.1) is 0 Å². The lowest BCUT2D eigenvalue weighted by Gasteiger charge is -2.13. The van der Waals surface area contributed by atoms with Gasteiger partial charge in [0, 0.05) is 12.6 Å². The van der Waals surface area contributed by atoms with Crippen LogP contribution in [0.5, 0.6) is 0 Å². The van der Waals surface area contributed by atoms with E-state index in [4.69, 9.17) is 23.2 Å². The first-order valence-electron chi connectivity index (χ1n) is 6.19. The molecular formula is C13H9Cl2F3N2O2. The van der Waals surface area contributed by atoms with E-state index in [1.54, 1.807) is 0 Å². The molecule has 0 amide bonds. The molecule has 0 spiro atoms. The number of fused-ring (bicyclic) bond motifs is 1. The summed E-state index contributed by atoms with van der Waals surface area (Å²) >= 11 is 11.8. The average Bonchev–Trinajstić information content (AvgIpc) is 2.89. The van der Waals surface area contributed by atoms with Gasteiger partial charge in [0.15, 0.2) is 0 Å². The van der Waals surface area contributed by atoms with Gasteiger partial charge < -0.3 is 10.2 Å². The van der Waals surface area contributed by atoms with E-state index in [0.29, 0.717) is 5.56 Å². The van der Waals surface area contributed by atoms with E-state index in [1.807, 2.05) is 0 Å². The molecule has 1 aromatic heterocycles. The number of rotatable bonds is 1. The van der Waals surface area contributed by atoms with Crippen LogP contribution < -0.4 is 0 Å². The Hall–Kier alpha value is -1.28. The van der Waals surface area contributed by atoms with Crippen molar-refractivity contribution in [2.45, 2.75) is 24.8 Å². The first-order chi connectivity index (χ1) is 10.2.